The molecule has 1 saturated carbocycles. The van der Waals surface area contributed by atoms with Crippen LogP contribution in [0.4, 0.5) is 11.6 Å². The van der Waals surface area contributed by atoms with Crippen LogP contribution in [0.5, 0.6) is 0 Å². The van der Waals surface area contributed by atoms with Gasteiger partial charge in [-0.1, -0.05) is 0 Å². The second-order valence-corrected chi connectivity index (χ2v) is 7.41. The minimum absolute atomic E-state index is 0.560. The third kappa shape index (κ3) is 3.49. The molecule has 0 bridgehead atoms. The van der Waals surface area contributed by atoms with Crippen LogP contribution in [0.25, 0.3) is 0 Å². The number of hydrogen-bond acceptors (Lipinski definition) is 5. The number of nitrogens with zero attached hydrogens (tertiary/aromatic N) is 2. The fourth-order valence-corrected chi connectivity index (χ4v) is 3.40. The summed E-state index contributed by atoms with van der Waals surface area (Å²) >= 11 is 5.22. The zero-order valence-corrected chi connectivity index (χ0v) is 13.7. The summed E-state index contributed by atoms with van der Waals surface area (Å²) in [5.74, 6) is 3.35. The molecule has 1 aliphatic carbocycles. The largest absolute Gasteiger partial charge is 0.370 e. The Morgan fingerprint density at radius 1 is 1.25 bits per heavy atom. The Morgan fingerprint density at radius 3 is 2.60 bits per heavy atom. The molecule has 2 N–H and O–H groups in total. The molecule has 1 fully saturated rings. The van der Waals surface area contributed by atoms with Crippen molar-refractivity contribution in [3.05, 3.63) is 32.7 Å². The molecule has 0 atom stereocenters. The fraction of sp³-hybridized carbons (Fsp3) is 0.429. The number of halogens is 1. The topological polar surface area (TPSA) is 49.8 Å². The molecule has 0 spiro atoms. The molecule has 106 valence electrons. The maximum atomic E-state index is 4.63. The number of rotatable bonds is 6. The van der Waals surface area contributed by atoms with Gasteiger partial charge in [-0.2, -0.15) is 0 Å². The molecule has 6 heteroatoms. The summed E-state index contributed by atoms with van der Waals surface area (Å²) in [7, 11) is 0. The van der Waals surface area contributed by atoms with E-state index in [0.717, 1.165) is 34.3 Å². The Morgan fingerprint density at radius 2 is 2.00 bits per heavy atom. The molecule has 3 rings (SSSR count). The lowest BCUT2D eigenvalue weighted by Gasteiger charge is -2.09. The molecule has 0 saturated heterocycles. The molecule has 0 radical (unpaired) electrons. The molecule has 4 nitrogen and oxygen atoms in total. The highest BCUT2D eigenvalue weighted by Gasteiger charge is 2.27. The first-order chi connectivity index (χ1) is 9.74. The smallest absolute Gasteiger partial charge is 0.136 e. The molecule has 2 heterocycles. The molecular formula is C14H17BrN4S. The third-order valence-electron chi connectivity index (χ3n) is 3.12. The van der Waals surface area contributed by atoms with Crippen LogP contribution in [0.1, 0.15) is 36.4 Å². The van der Waals surface area contributed by atoms with Gasteiger partial charge in [0.2, 0.25) is 0 Å². The number of hydrogen-bond donors (Lipinski definition) is 2. The average Bonchev–Trinajstić information content (AvgIpc) is 3.20. The van der Waals surface area contributed by atoms with Gasteiger partial charge in [0.25, 0.3) is 0 Å². The predicted molar refractivity (Wildman–Crippen MR) is 87.5 cm³/mol. The maximum Gasteiger partial charge on any atom is 0.136 e. The quantitative estimate of drug-likeness (QED) is 0.816. The van der Waals surface area contributed by atoms with Crippen LogP contribution in [-0.4, -0.2) is 16.5 Å². The lowest BCUT2D eigenvalue weighted by molar-refractivity contribution is 0.919. The molecule has 20 heavy (non-hydrogen) atoms. The van der Waals surface area contributed by atoms with Crippen molar-refractivity contribution >= 4 is 38.9 Å². The number of anilines is 2. The van der Waals surface area contributed by atoms with E-state index in [0.29, 0.717) is 5.92 Å². The molecular weight excluding hydrogens is 336 g/mol. The van der Waals surface area contributed by atoms with Gasteiger partial charge in [0, 0.05) is 23.4 Å². The first-order valence-electron chi connectivity index (χ1n) is 6.85. The third-order valence-corrected chi connectivity index (χ3v) is 4.74. The van der Waals surface area contributed by atoms with Gasteiger partial charge in [-0.05, 0) is 47.8 Å². The van der Waals surface area contributed by atoms with Crippen LogP contribution >= 0.6 is 27.3 Å². The van der Waals surface area contributed by atoms with Crippen LogP contribution in [-0.2, 0) is 6.54 Å². The first-order valence-corrected chi connectivity index (χ1v) is 8.46. The Labute approximate surface area is 131 Å². The van der Waals surface area contributed by atoms with E-state index in [2.05, 4.69) is 55.6 Å². The molecule has 2 aromatic heterocycles. The van der Waals surface area contributed by atoms with Crippen LogP contribution in [0.15, 0.2) is 22.0 Å². The van der Waals surface area contributed by atoms with Gasteiger partial charge < -0.3 is 10.6 Å². The summed E-state index contributed by atoms with van der Waals surface area (Å²) in [5, 5.41) is 6.67. The molecule has 0 amide bonds. The fourth-order valence-electron chi connectivity index (χ4n) is 1.98. The van der Waals surface area contributed by atoms with Gasteiger partial charge in [-0.3, -0.25) is 0 Å². The van der Waals surface area contributed by atoms with Crippen LogP contribution < -0.4 is 10.6 Å². The van der Waals surface area contributed by atoms with Crippen molar-refractivity contribution in [2.24, 2.45) is 0 Å². The highest BCUT2D eigenvalue weighted by molar-refractivity contribution is 9.11. The maximum absolute atomic E-state index is 4.63. The Kier molecular flexibility index (Phi) is 4.21. The minimum Gasteiger partial charge on any atom is -0.370 e. The van der Waals surface area contributed by atoms with E-state index in [1.54, 1.807) is 11.3 Å². The van der Waals surface area contributed by atoms with Gasteiger partial charge in [0.05, 0.1) is 10.3 Å². The van der Waals surface area contributed by atoms with E-state index in [9.17, 15) is 0 Å². The van der Waals surface area contributed by atoms with Crippen LogP contribution in [0.3, 0.4) is 0 Å². The summed E-state index contributed by atoms with van der Waals surface area (Å²) in [4.78, 5) is 10.5. The van der Waals surface area contributed by atoms with E-state index in [1.165, 1.54) is 17.7 Å². The molecule has 0 aromatic carbocycles. The van der Waals surface area contributed by atoms with Gasteiger partial charge >= 0.3 is 0 Å². The van der Waals surface area contributed by atoms with E-state index in [1.807, 2.05) is 6.07 Å². The van der Waals surface area contributed by atoms with Crippen LogP contribution in [0.2, 0.25) is 0 Å². The van der Waals surface area contributed by atoms with Crippen molar-refractivity contribution in [2.75, 3.05) is 17.2 Å². The van der Waals surface area contributed by atoms with Gasteiger partial charge in [-0.15, -0.1) is 11.3 Å². The monoisotopic (exact) mass is 352 g/mol. The Bertz CT molecular complexity index is 595. The van der Waals surface area contributed by atoms with Gasteiger partial charge in [0.15, 0.2) is 0 Å². The van der Waals surface area contributed by atoms with Crippen molar-refractivity contribution in [1.29, 1.82) is 0 Å². The Hall–Kier alpha value is -1.14. The van der Waals surface area contributed by atoms with Crippen LogP contribution in [0, 0.1) is 0 Å². The molecule has 0 aliphatic heterocycles. The lowest BCUT2D eigenvalue weighted by Crippen LogP contribution is -2.07. The summed E-state index contributed by atoms with van der Waals surface area (Å²) in [6.07, 6.45) is 2.43. The average molecular weight is 353 g/mol. The highest BCUT2D eigenvalue weighted by Crippen LogP contribution is 2.38. The molecule has 0 unspecified atom stereocenters. The highest BCUT2D eigenvalue weighted by atomic mass is 79.9. The lowest BCUT2D eigenvalue weighted by atomic mass is 10.3. The van der Waals surface area contributed by atoms with Crippen molar-refractivity contribution in [2.45, 2.75) is 32.2 Å². The van der Waals surface area contributed by atoms with Crippen molar-refractivity contribution in [3.8, 4) is 0 Å². The van der Waals surface area contributed by atoms with E-state index in [-0.39, 0.29) is 0 Å². The number of aromatic nitrogens is 2. The van der Waals surface area contributed by atoms with Gasteiger partial charge in [0.1, 0.15) is 17.5 Å². The summed E-state index contributed by atoms with van der Waals surface area (Å²) in [6.45, 7) is 3.75. The SMILES string of the molecule is CCNc1cc(NCc2ccc(Br)s2)nc(C2CC2)n1. The van der Waals surface area contributed by atoms with E-state index >= 15 is 0 Å². The zero-order chi connectivity index (χ0) is 13.9. The number of nitrogens with one attached hydrogen (secondary N) is 2. The second-order valence-electron chi connectivity index (χ2n) is 4.86. The Balaban J connectivity index is 1.73. The summed E-state index contributed by atoms with van der Waals surface area (Å²) in [5.41, 5.74) is 0. The van der Waals surface area contributed by atoms with Crippen molar-refractivity contribution in [3.63, 3.8) is 0 Å². The summed E-state index contributed by atoms with van der Waals surface area (Å²) in [6, 6.07) is 6.18. The zero-order valence-electron chi connectivity index (χ0n) is 11.3. The number of thiophene rings is 1. The van der Waals surface area contributed by atoms with Crippen molar-refractivity contribution < 1.29 is 0 Å². The first kappa shape index (κ1) is 13.8. The molecule has 1 aliphatic rings. The second kappa shape index (κ2) is 6.10. The van der Waals surface area contributed by atoms with E-state index in [4.69, 9.17) is 0 Å². The summed E-state index contributed by atoms with van der Waals surface area (Å²) < 4.78 is 1.16. The normalized spacial score (nSPS) is 14.3. The standard InChI is InChI=1S/C14H17BrN4S/c1-2-16-12-7-13(19-14(18-12)9-3-4-9)17-8-10-5-6-11(15)20-10/h5-7,9H,2-4,8H2,1H3,(H2,16,17,18,19). The predicted octanol–water partition coefficient (Wildman–Crippen LogP) is 4.22. The van der Waals surface area contributed by atoms with E-state index < -0.39 is 0 Å². The minimum atomic E-state index is 0.560. The molecule has 2 aromatic rings. The van der Waals surface area contributed by atoms with Gasteiger partial charge in [-0.25, -0.2) is 9.97 Å². The van der Waals surface area contributed by atoms with Crippen molar-refractivity contribution in [1.82, 2.24) is 9.97 Å².